The van der Waals surface area contributed by atoms with Crippen LogP contribution in [0, 0.1) is 0 Å². The summed E-state index contributed by atoms with van der Waals surface area (Å²) in [6, 6.07) is 0. The van der Waals surface area contributed by atoms with E-state index in [1.54, 1.807) is 7.05 Å². The lowest BCUT2D eigenvalue weighted by Gasteiger charge is -2.01. The molecular formula is C12H11F2N3O2S. The van der Waals surface area contributed by atoms with Crippen molar-refractivity contribution in [2.45, 2.75) is 6.43 Å². The van der Waals surface area contributed by atoms with E-state index in [1.807, 2.05) is 0 Å². The van der Waals surface area contributed by atoms with Gasteiger partial charge in [0.2, 0.25) is 0 Å². The average molecular weight is 299 g/mol. The van der Waals surface area contributed by atoms with Crippen molar-refractivity contribution in [2.24, 2.45) is 7.05 Å². The Morgan fingerprint density at radius 3 is 2.80 bits per heavy atom. The van der Waals surface area contributed by atoms with Crippen molar-refractivity contribution in [3.05, 3.63) is 29.0 Å². The van der Waals surface area contributed by atoms with Gasteiger partial charge >= 0.3 is 5.97 Å². The summed E-state index contributed by atoms with van der Waals surface area (Å²) in [6.45, 7) is 3.48. The zero-order valence-corrected chi connectivity index (χ0v) is 11.6. The maximum atomic E-state index is 12.9. The van der Waals surface area contributed by atoms with E-state index in [9.17, 15) is 13.6 Å². The second kappa shape index (κ2) is 5.49. The molecule has 8 heteroatoms. The van der Waals surface area contributed by atoms with E-state index >= 15 is 0 Å². The van der Waals surface area contributed by atoms with Crippen LogP contribution < -0.4 is 0 Å². The lowest BCUT2D eigenvalue weighted by Crippen LogP contribution is -2.09. The Balaban J connectivity index is 2.58. The number of hydrogen-bond donors (Lipinski definition) is 0. The fraction of sp³-hybridized carbons (Fsp3) is 0.250. The van der Waals surface area contributed by atoms with Crippen molar-refractivity contribution in [1.29, 1.82) is 0 Å². The standard InChI is InChI=1S/C12H11F2N3O2S/c1-4-7-8(10(13)14)16-11(20-7)6-5-15-17(2)9(6)12(18)19-3/h4-5,10H,1H2,2-3H3. The first-order chi connectivity index (χ1) is 9.49. The monoisotopic (exact) mass is 299 g/mol. The van der Waals surface area contributed by atoms with E-state index in [2.05, 4.69) is 21.4 Å². The first kappa shape index (κ1) is 14.3. The number of alkyl halides is 2. The van der Waals surface area contributed by atoms with Crippen LogP contribution in [0.25, 0.3) is 16.6 Å². The molecule has 0 aliphatic heterocycles. The quantitative estimate of drug-likeness (QED) is 0.815. The molecule has 0 radical (unpaired) electrons. The second-order valence-corrected chi connectivity index (χ2v) is 4.83. The number of esters is 1. The predicted molar refractivity (Wildman–Crippen MR) is 70.7 cm³/mol. The van der Waals surface area contributed by atoms with Crippen molar-refractivity contribution in [1.82, 2.24) is 14.8 Å². The molecule has 0 spiro atoms. The van der Waals surface area contributed by atoms with Crippen LogP contribution in [0.3, 0.4) is 0 Å². The number of carbonyl (C=O) groups excluding carboxylic acids is 1. The predicted octanol–water partition coefficient (Wildman–Crippen LogP) is 2.91. The molecule has 0 amide bonds. The average Bonchev–Trinajstić information content (AvgIpc) is 3.01. The van der Waals surface area contributed by atoms with Crippen LogP contribution in [0.15, 0.2) is 12.8 Å². The molecule has 106 valence electrons. The van der Waals surface area contributed by atoms with E-state index in [-0.39, 0.29) is 21.3 Å². The van der Waals surface area contributed by atoms with Crippen molar-refractivity contribution in [2.75, 3.05) is 7.11 Å². The molecular weight excluding hydrogens is 288 g/mol. The highest BCUT2D eigenvalue weighted by molar-refractivity contribution is 7.16. The van der Waals surface area contributed by atoms with Crippen LogP contribution in [-0.2, 0) is 11.8 Å². The van der Waals surface area contributed by atoms with E-state index < -0.39 is 12.4 Å². The summed E-state index contributed by atoms with van der Waals surface area (Å²) in [5.74, 6) is -0.603. The summed E-state index contributed by atoms with van der Waals surface area (Å²) in [7, 11) is 2.80. The summed E-state index contributed by atoms with van der Waals surface area (Å²) < 4.78 is 31.7. The zero-order chi connectivity index (χ0) is 14.9. The number of methoxy groups -OCH3 is 1. The Labute approximate surface area is 117 Å². The number of aryl methyl sites for hydroxylation is 1. The third-order valence-electron chi connectivity index (χ3n) is 2.62. The second-order valence-electron chi connectivity index (χ2n) is 3.80. The number of rotatable bonds is 4. The van der Waals surface area contributed by atoms with Crippen LogP contribution in [0.4, 0.5) is 8.78 Å². The summed E-state index contributed by atoms with van der Waals surface area (Å²) in [4.78, 5) is 15.9. The maximum Gasteiger partial charge on any atom is 0.357 e. The minimum Gasteiger partial charge on any atom is -0.464 e. The van der Waals surface area contributed by atoms with Crippen LogP contribution in [-0.4, -0.2) is 27.8 Å². The topological polar surface area (TPSA) is 57.0 Å². The first-order valence-electron chi connectivity index (χ1n) is 5.51. The maximum absolute atomic E-state index is 12.9. The number of aromatic nitrogens is 3. The molecule has 20 heavy (non-hydrogen) atoms. The Morgan fingerprint density at radius 2 is 2.30 bits per heavy atom. The Morgan fingerprint density at radius 1 is 1.60 bits per heavy atom. The summed E-state index contributed by atoms with van der Waals surface area (Å²) in [5.41, 5.74) is 0.177. The third-order valence-corrected chi connectivity index (χ3v) is 3.72. The number of ether oxygens (including phenoxy) is 1. The van der Waals surface area contributed by atoms with Crippen LogP contribution in [0.5, 0.6) is 0 Å². The molecule has 0 atom stereocenters. The highest BCUT2D eigenvalue weighted by Gasteiger charge is 2.24. The van der Waals surface area contributed by atoms with E-state index in [1.165, 1.54) is 24.1 Å². The normalized spacial score (nSPS) is 10.8. The van der Waals surface area contributed by atoms with E-state index in [0.29, 0.717) is 5.56 Å². The molecule has 0 saturated carbocycles. The smallest absolute Gasteiger partial charge is 0.357 e. The fourth-order valence-electron chi connectivity index (χ4n) is 1.69. The summed E-state index contributed by atoms with van der Waals surface area (Å²) in [6.07, 6.45) is 0.00980. The molecule has 2 rings (SSSR count). The first-order valence-corrected chi connectivity index (χ1v) is 6.33. The molecule has 0 fully saturated rings. The van der Waals surface area contributed by atoms with Crippen molar-refractivity contribution >= 4 is 23.4 Å². The minimum absolute atomic E-state index is 0.165. The van der Waals surface area contributed by atoms with Gasteiger partial charge in [-0.1, -0.05) is 12.7 Å². The van der Waals surface area contributed by atoms with Gasteiger partial charge in [-0.2, -0.15) is 5.10 Å². The molecule has 2 heterocycles. The van der Waals surface area contributed by atoms with Gasteiger partial charge in [0, 0.05) is 7.05 Å². The van der Waals surface area contributed by atoms with Crippen molar-refractivity contribution in [3.8, 4) is 10.6 Å². The van der Waals surface area contributed by atoms with Crippen molar-refractivity contribution in [3.63, 3.8) is 0 Å². The molecule has 0 aliphatic rings. The van der Waals surface area contributed by atoms with E-state index in [0.717, 1.165) is 11.3 Å². The lowest BCUT2D eigenvalue weighted by molar-refractivity contribution is 0.0589. The molecule has 0 aliphatic carbocycles. The van der Waals surface area contributed by atoms with E-state index in [4.69, 9.17) is 0 Å². The number of thiazole rings is 1. The van der Waals surface area contributed by atoms with Gasteiger partial charge in [0.05, 0.1) is 23.7 Å². The molecule has 0 saturated heterocycles. The van der Waals surface area contributed by atoms with Gasteiger partial charge in [0.15, 0.2) is 5.69 Å². The number of halogens is 2. The highest BCUT2D eigenvalue weighted by atomic mass is 32.1. The molecule has 0 bridgehead atoms. The summed E-state index contributed by atoms with van der Waals surface area (Å²) in [5, 5.41) is 4.22. The van der Waals surface area contributed by atoms with Crippen molar-refractivity contribution < 1.29 is 18.3 Å². The van der Waals surface area contributed by atoms with Crippen LogP contribution >= 0.6 is 11.3 Å². The molecule has 0 N–H and O–H groups in total. The molecule has 2 aromatic rings. The number of carbonyl (C=O) groups is 1. The zero-order valence-electron chi connectivity index (χ0n) is 10.8. The number of hydrogen-bond acceptors (Lipinski definition) is 5. The Bertz CT molecular complexity index is 664. The van der Waals surface area contributed by atoms with Crippen LogP contribution in [0.1, 0.15) is 27.5 Å². The van der Waals surface area contributed by atoms with Gasteiger partial charge in [-0.25, -0.2) is 18.6 Å². The van der Waals surface area contributed by atoms with Gasteiger partial charge in [0.25, 0.3) is 6.43 Å². The number of nitrogens with zero attached hydrogens (tertiary/aromatic N) is 3. The molecule has 5 nitrogen and oxygen atoms in total. The fourth-order valence-corrected chi connectivity index (χ4v) is 2.63. The van der Waals surface area contributed by atoms with Gasteiger partial charge < -0.3 is 4.74 Å². The minimum atomic E-state index is -2.70. The van der Waals surface area contributed by atoms with Gasteiger partial charge in [-0.15, -0.1) is 11.3 Å². The Kier molecular flexibility index (Phi) is 3.93. The third kappa shape index (κ3) is 2.34. The van der Waals surface area contributed by atoms with Gasteiger partial charge in [-0.05, 0) is 0 Å². The van der Waals surface area contributed by atoms with Crippen LogP contribution in [0.2, 0.25) is 0 Å². The molecule has 2 aromatic heterocycles. The highest BCUT2D eigenvalue weighted by Crippen LogP contribution is 2.35. The SMILES string of the molecule is C=Cc1sc(-c2cnn(C)c2C(=O)OC)nc1C(F)F. The lowest BCUT2D eigenvalue weighted by atomic mass is 10.2. The van der Waals surface area contributed by atoms with Gasteiger partial charge in [0.1, 0.15) is 10.7 Å². The molecule has 0 aromatic carbocycles. The molecule has 0 unspecified atom stereocenters. The van der Waals surface area contributed by atoms with Gasteiger partial charge in [-0.3, -0.25) is 4.68 Å². The Hall–Kier alpha value is -2.09. The largest absolute Gasteiger partial charge is 0.464 e. The summed E-state index contributed by atoms with van der Waals surface area (Å²) >= 11 is 1.03.